The van der Waals surface area contributed by atoms with E-state index in [2.05, 4.69) is 20.5 Å². The van der Waals surface area contributed by atoms with Gasteiger partial charge in [-0.2, -0.15) is 0 Å². The summed E-state index contributed by atoms with van der Waals surface area (Å²) in [6.45, 7) is 5.95. The molecule has 0 atom stereocenters. The third-order valence-corrected chi connectivity index (χ3v) is 6.01. The Morgan fingerprint density at radius 3 is 2.39 bits per heavy atom. The van der Waals surface area contributed by atoms with Crippen molar-refractivity contribution in [3.63, 3.8) is 0 Å². The molecule has 0 spiro atoms. The Hall–Kier alpha value is -4.19. The van der Waals surface area contributed by atoms with E-state index in [4.69, 9.17) is 9.47 Å². The highest BCUT2D eigenvalue weighted by Gasteiger charge is 2.26. The zero-order valence-corrected chi connectivity index (χ0v) is 20.8. The molecular weight excluding hydrogens is 486 g/mol. The summed E-state index contributed by atoms with van der Waals surface area (Å²) in [5, 5.41) is 21.4. The minimum Gasteiger partial charge on any atom is -0.490 e. The van der Waals surface area contributed by atoms with Crippen LogP contribution in [0.4, 0.5) is 21.5 Å². The van der Waals surface area contributed by atoms with Gasteiger partial charge in [-0.05, 0) is 80.1 Å². The molecule has 1 amide bonds. The number of benzene rings is 2. The van der Waals surface area contributed by atoms with Gasteiger partial charge >= 0.3 is 11.0 Å². The van der Waals surface area contributed by atoms with Gasteiger partial charge in [-0.25, -0.2) is 4.98 Å². The molecule has 3 rings (SSSR count). The lowest BCUT2D eigenvalue weighted by Crippen LogP contribution is -2.27. The lowest BCUT2D eigenvalue weighted by molar-refractivity contribution is -0.380. The van der Waals surface area contributed by atoms with Gasteiger partial charge < -0.3 is 14.8 Å². The predicted molar refractivity (Wildman–Crippen MR) is 134 cm³/mol. The highest BCUT2D eigenvalue weighted by atomic mass is 32.1. The zero-order valence-electron chi connectivity index (χ0n) is 20.0. The van der Waals surface area contributed by atoms with Crippen LogP contribution < -0.4 is 10.1 Å². The SMILES string of the molecule is CCC(C)(C)C(=O)OCCOc1ccc(C(=O)Nc2ccc(N=Nc3ncc([N+](=O)[O-])s3)cc2)cc1. The number of nitrogens with one attached hydrogen (secondary N) is 1. The second-order valence-corrected chi connectivity index (χ2v) is 9.17. The van der Waals surface area contributed by atoms with Gasteiger partial charge in [0, 0.05) is 11.3 Å². The first-order valence-electron chi connectivity index (χ1n) is 11.0. The molecule has 0 unspecified atom stereocenters. The van der Waals surface area contributed by atoms with Crippen LogP contribution in [0.2, 0.25) is 0 Å². The van der Waals surface area contributed by atoms with Gasteiger partial charge in [0.15, 0.2) is 0 Å². The fourth-order valence-corrected chi connectivity index (χ4v) is 3.19. The third kappa shape index (κ3) is 7.40. The number of amides is 1. The van der Waals surface area contributed by atoms with E-state index in [0.29, 0.717) is 29.1 Å². The van der Waals surface area contributed by atoms with Gasteiger partial charge in [-0.1, -0.05) is 6.92 Å². The molecule has 0 bridgehead atoms. The average Bonchev–Trinajstić information content (AvgIpc) is 3.36. The van der Waals surface area contributed by atoms with Crippen LogP contribution in [0.25, 0.3) is 0 Å². The number of ether oxygens (including phenoxy) is 2. The molecule has 0 aliphatic rings. The molecule has 3 aromatic rings. The monoisotopic (exact) mass is 511 g/mol. The molecule has 0 saturated heterocycles. The summed E-state index contributed by atoms with van der Waals surface area (Å²) < 4.78 is 10.8. The first-order valence-corrected chi connectivity index (χ1v) is 11.8. The number of azo groups is 1. The van der Waals surface area contributed by atoms with E-state index >= 15 is 0 Å². The molecular formula is C24H25N5O6S. The number of thiazole rings is 1. The molecule has 1 aromatic heterocycles. The summed E-state index contributed by atoms with van der Waals surface area (Å²) in [5.41, 5.74) is 0.969. The van der Waals surface area contributed by atoms with E-state index < -0.39 is 10.3 Å². The molecule has 12 heteroatoms. The number of hydrogen-bond acceptors (Lipinski definition) is 10. The summed E-state index contributed by atoms with van der Waals surface area (Å²) in [5.74, 6) is -0.0121. The number of carbonyl (C=O) groups excluding carboxylic acids is 2. The van der Waals surface area contributed by atoms with E-state index in [1.807, 2.05) is 20.8 Å². The smallest absolute Gasteiger partial charge is 0.345 e. The van der Waals surface area contributed by atoms with E-state index in [1.54, 1.807) is 48.5 Å². The van der Waals surface area contributed by atoms with Crippen molar-refractivity contribution in [1.82, 2.24) is 4.98 Å². The summed E-state index contributed by atoms with van der Waals surface area (Å²) >= 11 is 0.822. The van der Waals surface area contributed by atoms with Crippen molar-refractivity contribution in [3.05, 3.63) is 70.4 Å². The number of nitrogens with zero attached hydrogens (tertiary/aromatic N) is 4. The Morgan fingerprint density at radius 1 is 1.08 bits per heavy atom. The number of aromatic nitrogens is 1. The Morgan fingerprint density at radius 2 is 1.78 bits per heavy atom. The van der Waals surface area contributed by atoms with Crippen LogP contribution in [0.15, 0.2) is 65.0 Å². The van der Waals surface area contributed by atoms with Crippen molar-refractivity contribution < 1.29 is 24.0 Å². The van der Waals surface area contributed by atoms with Crippen LogP contribution in [-0.2, 0) is 9.53 Å². The van der Waals surface area contributed by atoms with Crippen molar-refractivity contribution in [3.8, 4) is 5.75 Å². The van der Waals surface area contributed by atoms with Gasteiger partial charge in [0.1, 0.15) is 25.2 Å². The highest BCUT2D eigenvalue weighted by molar-refractivity contribution is 7.18. The molecule has 0 aliphatic carbocycles. The van der Waals surface area contributed by atoms with Gasteiger partial charge in [0.05, 0.1) is 16.0 Å². The summed E-state index contributed by atoms with van der Waals surface area (Å²) in [6, 6.07) is 13.2. The summed E-state index contributed by atoms with van der Waals surface area (Å²) in [6.07, 6.45) is 1.81. The van der Waals surface area contributed by atoms with Crippen molar-refractivity contribution >= 4 is 44.7 Å². The largest absolute Gasteiger partial charge is 0.490 e. The van der Waals surface area contributed by atoms with Crippen molar-refractivity contribution in [1.29, 1.82) is 0 Å². The predicted octanol–water partition coefficient (Wildman–Crippen LogP) is 6.08. The molecule has 188 valence electrons. The molecule has 0 aliphatic heterocycles. The first-order chi connectivity index (χ1) is 17.2. The van der Waals surface area contributed by atoms with E-state index in [1.165, 1.54) is 0 Å². The minimum absolute atomic E-state index is 0.112. The van der Waals surface area contributed by atoms with Crippen molar-refractivity contribution in [2.45, 2.75) is 27.2 Å². The quantitative estimate of drug-likeness (QED) is 0.108. The van der Waals surface area contributed by atoms with Crippen LogP contribution in [0.1, 0.15) is 37.6 Å². The van der Waals surface area contributed by atoms with Gasteiger partial charge in [-0.3, -0.25) is 19.7 Å². The zero-order chi connectivity index (χ0) is 26.1. The number of esters is 1. The molecule has 0 saturated carbocycles. The molecule has 36 heavy (non-hydrogen) atoms. The molecule has 2 aromatic carbocycles. The lowest BCUT2D eigenvalue weighted by Gasteiger charge is -2.20. The Kier molecular flexibility index (Phi) is 8.79. The van der Waals surface area contributed by atoms with Crippen LogP contribution in [0.3, 0.4) is 0 Å². The van der Waals surface area contributed by atoms with Gasteiger partial charge in [0.2, 0.25) is 5.13 Å². The molecule has 1 N–H and O–H groups in total. The standard InChI is InChI=1S/C24H25N5O6S/c1-4-24(2,3)22(31)35-14-13-34-19-11-5-16(6-12-19)21(30)26-17-7-9-18(10-8-17)27-28-23-25-15-20(36-23)29(32)33/h5-12,15H,4,13-14H2,1-3H3,(H,26,30). The average molecular weight is 512 g/mol. The van der Waals surface area contributed by atoms with Crippen molar-refractivity contribution in [2.24, 2.45) is 15.6 Å². The van der Waals surface area contributed by atoms with E-state index in [-0.39, 0.29) is 35.2 Å². The fourth-order valence-electron chi connectivity index (χ4n) is 2.64. The molecule has 0 radical (unpaired) electrons. The fraction of sp³-hybridized carbons (Fsp3) is 0.292. The van der Waals surface area contributed by atoms with E-state index in [9.17, 15) is 19.7 Å². The number of carbonyl (C=O) groups is 2. The molecule has 1 heterocycles. The second-order valence-electron chi connectivity index (χ2n) is 8.19. The van der Waals surface area contributed by atoms with Gasteiger partial charge in [-0.15, -0.1) is 10.2 Å². The number of hydrogen-bond donors (Lipinski definition) is 1. The molecule has 11 nitrogen and oxygen atoms in total. The van der Waals surface area contributed by atoms with Crippen LogP contribution in [0, 0.1) is 15.5 Å². The lowest BCUT2D eigenvalue weighted by atomic mass is 9.91. The Bertz CT molecular complexity index is 1240. The number of anilines is 1. The Balaban J connectivity index is 1.47. The van der Waals surface area contributed by atoms with Crippen LogP contribution >= 0.6 is 11.3 Å². The first kappa shape index (κ1) is 26.4. The van der Waals surface area contributed by atoms with Crippen molar-refractivity contribution in [2.75, 3.05) is 18.5 Å². The maximum atomic E-state index is 12.5. The summed E-state index contributed by atoms with van der Waals surface area (Å²) in [7, 11) is 0. The normalized spacial score (nSPS) is 11.3. The third-order valence-electron chi connectivity index (χ3n) is 5.18. The van der Waals surface area contributed by atoms with Crippen LogP contribution in [-0.4, -0.2) is 35.0 Å². The minimum atomic E-state index is -0.539. The number of nitro groups is 1. The Labute approximate surface area is 211 Å². The van der Waals surface area contributed by atoms with Gasteiger partial charge in [0.25, 0.3) is 5.91 Å². The maximum absolute atomic E-state index is 12.5. The second kappa shape index (κ2) is 12.0. The highest BCUT2D eigenvalue weighted by Crippen LogP contribution is 2.29. The maximum Gasteiger partial charge on any atom is 0.345 e. The number of rotatable bonds is 11. The summed E-state index contributed by atoms with van der Waals surface area (Å²) in [4.78, 5) is 38.4. The van der Waals surface area contributed by atoms with Crippen LogP contribution in [0.5, 0.6) is 5.75 Å². The van der Waals surface area contributed by atoms with E-state index in [0.717, 1.165) is 17.5 Å². The topological polar surface area (TPSA) is 145 Å². The molecule has 0 fully saturated rings.